The molecule has 1 saturated heterocycles. The maximum absolute atomic E-state index is 13.4. The summed E-state index contributed by atoms with van der Waals surface area (Å²) in [4.78, 5) is 0. The lowest BCUT2D eigenvalue weighted by molar-refractivity contribution is 0.188. The second-order valence-electron chi connectivity index (χ2n) is 4.97. The zero-order valence-electron chi connectivity index (χ0n) is 11.0. The molecule has 3 rings (SSSR count). The molecule has 0 radical (unpaired) electrons. The summed E-state index contributed by atoms with van der Waals surface area (Å²) in [6.45, 7) is -0.0375. The van der Waals surface area contributed by atoms with Gasteiger partial charge in [0.1, 0.15) is 5.82 Å². The number of furan rings is 1. The quantitative estimate of drug-likeness (QED) is 0.940. The summed E-state index contributed by atoms with van der Waals surface area (Å²) in [5.74, 6) is -0.441. The van der Waals surface area contributed by atoms with Crippen molar-refractivity contribution in [2.24, 2.45) is 0 Å². The summed E-state index contributed by atoms with van der Waals surface area (Å²) in [6, 6.07) is 7.97. The number of β-amino-alcohol motifs (C(OH)–C–C–N with tert-alkyl or cyclic N) is 1. The molecule has 1 aromatic carbocycles. The van der Waals surface area contributed by atoms with Crippen molar-refractivity contribution in [1.29, 1.82) is 0 Å². The van der Waals surface area contributed by atoms with Crippen molar-refractivity contribution < 1.29 is 22.3 Å². The fourth-order valence-corrected chi connectivity index (χ4v) is 4.16. The molecule has 21 heavy (non-hydrogen) atoms. The predicted molar refractivity (Wildman–Crippen MR) is 72.4 cm³/mol. The molecule has 5 nitrogen and oxygen atoms in total. The van der Waals surface area contributed by atoms with Crippen LogP contribution >= 0.6 is 0 Å². The van der Waals surface area contributed by atoms with Crippen molar-refractivity contribution in [1.82, 2.24) is 4.31 Å². The minimum atomic E-state index is -3.85. The van der Waals surface area contributed by atoms with Crippen LogP contribution in [-0.2, 0) is 10.0 Å². The smallest absolute Gasteiger partial charge is 0.277 e. The molecule has 2 aromatic rings. The van der Waals surface area contributed by atoms with E-state index in [-0.39, 0.29) is 18.1 Å². The average molecular weight is 311 g/mol. The minimum Gasteiger partial charge on any atom is -0.452 e. The lowest BCUT2D eigenvalue weighted by Crippen LogP contribution is -2.31. The molecule has 7 heteroatoms. The molecule has 1 aromatic heterocycles. The summed E-state index contributed by atoms with van der Waals surface area (Å²) in [5.41, 5.74) is 0.515. The molecule has 0 aliphatic carbocycles. The Kier molecular flexibility index (Phi) is 3.56. The second kappa shape index (κ2) is 5.25. The molecule has 1 aliphatic rings. The lowest BCUT2D eigenvalue weighted by atomic mass is 10.0. The molecule has 2 atom stereocenters. The van der Waals surface area contributed by atoms with Crippen molar-refractivity contribution in [3.05, 3.63) is 54.0 Å². The van der Waals surface area contributed by atoms with Crippen LogP contribution in [0.25, 0.3) is 0 Å². The minimum absolute atomic E-state index is 0.0375. The third-order valence-electron chi connectivity index (χ3n) is 3.53. The number of hydrogen-bond acceptors (Lipinski definition) is 4. The van der Waals surface area contributed by atoms with Gasteiger partial charge in [0, 0.05) is 6.54 Å². The molecule has 0 unspecified atom stereocenters. The Morgan fingerprint density at radius 1 is 1.29 bits per heavy atom. The Labute approximate surface area is 121 Å². The monoisotopic (exact) mass is 311 g/mol. The van der Waals surface area contributed by atoms with Crippen LogP contribution < -0.4 is 0 Å². The molecule has 0 amide bonds. The highest BCUT2D eigenvalue weighted by Crippen LogP contribution is 2.36. The van der Waals surface area contributed by atoms with Crippen LogP contribution in [0.1, 0.15) is 18.0 Å². The van der Waals surface area contributed by atoms with Crippen LogP contribution in [0.2, 0.25) is 0 Å². The van der Waals surface area contributed by atoms with E-state index < -0.39 is 28.0 Å². The number of aliphatic hydroxyl groups excluding tert-OH is 1. The largest absolute Gasteiger partial charge is 0.452 e. The Hall–Kier alpha value is -1.70. The summed E-state index contributed by atoms with van der Waals surface area (Å²) in [7, 11) is -3.85. The Morgan fingerprint density at radius 3 is 2.76 bits per heavy atom. The van der Waals surface area contributed by atoms with Crippen LogP contribution in [0.3, 0.4) is 0 Å². The predicted octanol–water partition coefficient (Wildman–Crippen LogP) is 1.92. The summed E-state index contributed by atoms with van der Waals surface area (Å²) >= 11 is 0. The number of rotatable bonds is 3. The fourth-order valence-electron chi connectivity index (χ4n) is 2.59. The third kappa shape index (κ3) is 2.59. The number of halogens is 1. The zero-order valence-corrected chi connectivity index (χ0v) is 11.8. The number of benzene rings is 1. The van der Waals surface area contributed by atoms with Gasteiger partial charge in [0.25, 0.3) is 10.0 Å². The van der Waals surface area contributed by atoms with E-state index >= 15 is 0 Å². The number of aliphatic hydroxyl groups is 1. The Bertz CT molecular complexity index is 729. The van der Waals surface area contributed by atoms with Crippen LogP contribution in [0, 0.1) is 5.82 Å². The fraction of sp³-hybridized carbons (Fsp3) is 0.286. The van der Waals surface area contributed by atoms with E-state index in [4.69, 9.17) is 4.42 Å². The van der Waals surface area contributed by atoms with Crippen molar-refractivity contribution >= 4 is 10.0 Å². The summed E-state index contributed by atoms with van der Waals surface area (Å²) < 4.78 is 44.6. The van der Waals surface area contributed by atoms with Gasteiger partial charge in [-0.1, -0.05) is 12.1 Å². The van der Waals surface area contributed by atoms with Crippen LogP contribution in [0.5, 0.6) is 0 Å². The molecule has 1 aliphatic heterocycles. The van der Waals surface area contributed by atoms with E-state index in [1.165, 1.54) is 36.6 Å². The van der Waals surface area contributed by atoms with Crippen LogP contribution in [0.15, 0.2) is 52.2 Å². The van der Waals surface area contributed by atoms with Crippen LogP contribution in [-0.4, -0.2) is 30.5 Å². The third-order valence-corrected chi connectivity index (χ3v) is 5.29. The van der Waals surface area contributed by atoms with E-state index in [1.807, 2.05) is 0 Å². The molecule has 2 heterocycles. The van der Waals surface area contributed by atoms with E-state index in [0.29, 0.717) is 5.56 Å². The molecule has 0 spiro atoms. The number of hydrogen-bond donors (Lipinski definition) is 1. The zero-order chi connectivity index (χ0) is 15.0. The van der Waals surface area contributed by atoms with Gasteiger partial charge in [0.2, 0.25) is 5.09 Å². The molecule has 0 saturated carbocycles. The van der Waals surface area contributed by atoms with Crippen molar-refractivity contribution in [2.75, 3.05) is 6.54 Å². The second-order valence-corrected chi connectivity index (χ2v) is 6.79. The first-order valence-electron chi connectivity index (χ1n) is 6.47. The van der Waals surface area contributed by atoms with Crippen molar-refractivity contribution in [3.8, 4) is 0 Å². The van der Waals surface area contributed by atoms with Gasteiger partial charge in [0.05, 0.1) is 18.4 Å². The molecule has 0 bridgehead atoms. The first-order valence-corrected chi connectivity index (χ1v) is 7.91. The average Bonchev–Trinajstić information content (AvgIpc) is 3.08. The number of nitrogens with zero attached hydrogens (tertiary/aromatic N) is 1. The SMILES string of the molecule is O=S(=O)(c1ccco1)N1C[C@@H](O)C[C@H]1c1cccc(F)c1. The Balaban J connectivity index is 2.01. The van der Waals surface area contributed by atoms with Gasteiger partial charge in [-0.15, -0.1) is 0 Å². The topological polar surface area (TPSA) is 70.8 Å². The van der Waals surface area contributed by atoms with Gasteiger partial charge in [-0.25, -0.2) is 12.8 Å². The van der Waals surface area contributed by atoms with Crippen LogP contribution in [0.4, 0.5) is 4.39 Å². The molecule has 1 fully saturated rings. The first kappa shape index (κ1) is 14.2. The van der Waals surface area contributed by atoms with Gasteiger partial charge in [-0.05, 0) is 36.2 Å². The van der Waals surface area contributed by atoms with Crippen molar-refractivity contribution in [2.45, 2.75) is 23.7 Å². The highest BCUT2D eigenvalue weighted by molar-refractivity contribution is 7.89. The summed E-state index contributed by atoms with van der Waals surface area (Å²) in [6.07, 6.45) is 0.711. The highest BCUT2D eigenvalue weighted by Gasteiger charge is 2.41. The Morgan fingerprint density at radius 2 is 2.10 bits per heavy atom. The lowest BCUT2D eigenvalue weighted by Gasteiger charge is -2.22. The number of sulfonamides is 1. The van der Waals surface area contributed by atoms with Gasteiger partial charge >= 0.3 is 0 Å². The normalized spacial score (nSPS) is 23.5. The van der Waals surface area contributed by atoms with Gasteiger partial charge in [0.15, 0.2) is 0 Å². The van der Waals surface area contributed by atoms with E-state index in [0.717, 1.165) is 4.31 Å². The standard InChI is InChI=1S/C14H14FNO4S/c15-11-4-1-3-10(7-11)13-8-12(17)9-16(13)21(18,19)14-5-2-6-20-14/h1-7,12-13,17H,8-9H2/t12-,13-/m0/s1. The highest BCUT2D eigenvalue weighted by atomic mass is 32.2. The van der Waals surface area contributed by atoms with E-state index in [1.54, 1.807) is 6.07 Å². The summed E-state index contributed by atoms with van der Waals surface area (Å²) in [5, 5.41) is 9.65. The maximum atomic E-state index is 13.4. The first-order chi connectivity index (χ1) is 9.98. The van der Waals surface area contributed by atoms with Gasteiger partial charge in [-0.2, -0.15) is 4.31 Å². The van der Waals surface area contributed by atoms with Crippen molar-refractivity contribution in [3.63, 3.8) is 0 Å². The maximum Gasteiger partial charge on any atom is 0.277 e. The van der Waals surface area contributed by atoms with E-state index in [9.17, 15) is 17.9 Å². The van der Waals surface area contributed by atoms with Gasteiger partial charge in [-0.3, -0.25) is 0 Å². The molecular weight excluding hydrogens is 297 g/mol. The van der Waals surface area contributed by atoms with E-state index in [2.05, 4.69) is 0 Å². The van der Waals surface area contributed by atoms with Gasteiger partial charge < -0.3 is 9.52 Å². The molecule has 1 N–H and O–H groups in total. The molecular formula is C14H14FNO4S. The molecule has 112 valence electrons.